The molecule has 0 aromatic heterocycles. The number of aliphatic imine (C=N–C) groups is 1. The fourth-order valence-corrected chi connectivity index (χ4v) is 4.35. The van der Waals surface area contributed by atoms with Gasteiger partial charge in [0.05, 0.1) is 34.1 Å². The molecule has 7 nitrogen and oxygen atoms in total. The first kappa shape index (κ1) is 22.8. The van der Waals surface area contributed by atoms with Crippen molar-refractivity contribution >= 4 is 28.5 Å². The van der Waals surface area contributed by atoms with Gasteiger partial charge in [-0.05, 0) is 42.7 Å². The molecule has 0 spiro atoms. The smallest absolute Gasteiger partial charge is 0.233 e. The molecule has 1 aliphatic rings. The van der Waals surface area contributed by atoms with Crippen molar-refractivity contribution in [3.05, 3.63) is 42.0 Å². The van der Waals surface area contributed by atoms with Gasteiger partial charge in [-0.3, -0.25) is 14.7 Å². The number of amidine groups is 1. The van der Waals surface area contributed by atoms with E-state index in [9.17, 15) is 4.79 Å². The lowest BCUT2D eigenvalue weighted by Gasteiger charge is -2.27. The van der Waals surface area contributed by atoms with Gasteiger partial charge in [-0.1, -0.05) is 23.9 Å². The molecule has 166 valence electrons. The summed E-state index contributed by atoms with van der Waals surface area (Å²) < 4.78 is 21.8. The van der Waals surface area contributed by atoms with Gasteiger partial charge in [-0.25, -0.2) is 0 Å². The first-order chi connectivity index (χ1) is 15.1. The van der Waals surface area contributed by atoms with Crippen LogP contribution < -0.4 is 23.8 Å². The van der Waals surface area contributed by atoms with E-state index >= 15 is 0 Å². The highest BCUT2D eigenvalue weighted by molar-refractivity contribution is 8.14. The topological polar surface area (TPSA) is 69.6 Å². The van der Waals surface area contributed by atoms with Gasteiger partial charge >= 0.3 is 0 Å². The van der Waals surface area contributed by atoms with Gasteiger partial charge in [0.25, 0.3) is 0 Å². The van der Waals surface area contributed by atoms with Gasteiger partial charge in [0.1, 0.15) is 5.75 Å². The molecule has 0 atom stereocenters. The zero-order valence-corrected chi connectivity index (χ0v) is 19.2. The molecule has 0 unspecified atom stereocenters. The lowest BCUT2D eigenvalue weighted by atomic mass is 10.1. The molecule has 8 heteroatoms. The highest BCUT2D eigenvalue weighted by Gasteiger charge is 2.26. The van der Waals surface area contributed by atoms with Crippen molar-refractivity contribution < 1.29 is 23.7 Å². The molecule has 1 amide bonds. The van der Waals surface area contributed by atoms with E-state index in [2.05, 4.69) is 4.99 Å². The number of carbonyl (C=O) groups excluding carboxylic acids is 1. The van der Waals surface area contributed by atoms with Crippen molar-refractivity contribution in [1.82, 2.24) is 0 Å². The number of hydrogen-bond acceptors (Lipinski definition) is 7. The molecule has 3 rings (SSSR count). The predicted molar refractivity (Wildman–Crippen MR) is 124 cm³/mol. The van der Waals surface area contributed by atoms with E-state index < -0.39 is 0 Å². The Kier molecular flexibility index (Phi) is 8.06. The zero-order valence-electron chi connectivity index (χ0n) is 18.3. The van der Waals surface area contributed by atoms with E-state index in [1.54, 1.807) is 45.1 Å². The minimum atomic E-state index is -0.0496. The average molecular weight is 445 g/mol. The molecule has 0 radical (unpaired) electrons. The lowest BCUT2D eigenvalue weighted by molar-refractivity contribution is -0.117. The summed E-state index contributed by atoms with van der Waals surface area (Å²) in [5.74, 6) is 3.19. The van der Waals surface area contributed by atoms with Crippen molar-refractivity contribution in [1.29, 1.82) is 0 Å². The Morgan fingerprint density at radius 2 is 1.68 bits per heavy atom. The molecule has 2 aromatic rings. The number of aryl methyl sites for hydroxylation is 1. The summed E-state index contributed by atoms with van der Waals surface area (Å²) in [5.41, 5.74) is 1.62. The minimum absolute atomic E-state index is 0.0496. The summed E-state index contributed by atoms with van der Waals surface area (Å²) in [6.45, 7) is 0.716. The van der Waals surface area contributed by atoms with Gasteiger partial charge in [-0.2, -0.15) is 0 Å². The standard InChI is InChI=1S/C23H28N2O5S/c1-27-18-9-6-5-8-17(18)25(23-24-12-7-13-31-23)21(26)11-10-16-14-19(28-2)22(30-4)20(15-16)29-3/h5-6,8-9,14-15H,7,10-13H2,1-4H3. The third-order valence-electron chi connectivity index (χ3n) is 4.90. The van der Waals surface area contributed by atoms with Crippen LogP contribution in [0.2, 0.25) is 0 Å². The van der Waals surface area contributed by atoms with Crippen LogP contribution in [0.5, 0.6) is 23.0 Å². The summed E-state index contributed by atoms with van der Waals surface area (Å²) in [6, 6.07) is 11.3. The lowest BCUT2D eigenvalue weighted by Crippen LogP contribution is -2.37. The molecular weight excluding hydrogens is 416 g/mol. The maximum absolute atomic E-state index is 13.4. The van der Waals surface area contributed by atoms with Crippen LogP contribution in [-0.2, 0) is 11.2 Å². The Hall–Kier alpha value is -2.87. The number of amides is 1. The fraction of sp³-hybridized carbons (Fsp3) is 0.391. The van der Waals surface area contributed by atoms with Crippen LogP contribution in [-0.4, -0.2) is 51.8 Å². The molecule has 0 fully saturated rings. The first-order valence-corrected chi connectivity index (χ1v) is 11.0. The van der Waals surface area contributed by atoms with Gasteiger partial charge in [0.2, 0.25) is 11.7 Å². The number of benzene rings is 2. The van der Waals surface area contributed by atoms with Crippen LogP contribution in [0.25, 0.3) is 0 Å². The number of methoxy groups -OCH3 is 4. The summed E-state index contributed by atoms with van der Waals surface area (Å²) in [4.78, 5) is 19.7. The number of thioether (sulfide) groups is 1. The molecule has 0 bridgehead atoms. The van der Waals surface area contributed by atoms with Crippen molar-refractivity contribution in [3.8, 4) is 23.0 Å². The van der Waals surface area contributed by atoms with E-state index in [1.807, 2.05) is 36.4 Å². The molecule has 0 N–H and O–H groups in total. The Balaban J connectivity index is 1.87. The quantitative estimate of drug-likeness (QED) is 0.608. The zero-order chi connectivity index (χ0) is 22.2. The summed E-state index contributed by atoms with van der Waals surface area (Å²) in [5, 5.41) is 0.714. The largest absolute Gasteiger partial charge is 0.495 e. The molecule has 31 heavy (non-hydrogen) atoms. The average Bonchev–Trinajstić information content (AvgIpc) is 2.83. The normalized spacial score (nSPS) is 13.2. The highest BCUT2D eigenvalue weighted by Crippen LogP contribution is 2.39. The monoisotopic (exact) mass is 444 g/mol. The van der Waals surface area contributed by atoms with Gasteiger partial charge in [0.15, 0.2) is 16.7 Å². The molecule has 0 saturated heterocycles. The second-order valence-electron chi connectivity index (χ2n) is 6.80. The number of ether oxygens (including phenoxy) is 4. The maximum atomic E-state index is 13.4. The van der Waals surface area contributed by atoms with Crippen molar-refractivity contribution in [2.24, 2.45) is 4.99 Å². The number of nitrogens with zero attached hydrogens (tertiary/aromatic N) is 2. The number of anilines is 1. The number of para-hydroxylation sites is 2. The fourth-order valence-electron chi connectivity index (χ4n) is 3.38. The van der Waals surface area contributed by atoms with Crippen LogP contribution >= 0.6 is 11.8 Å². The van der Waals surface area contributed by atoms with Crippen molar-refractivity contribution in [2.75, 3.05) is 45.6 Å². The predicted octanol–water partition coefficient (Wildman–Crippen LogP) is 4.18. The minimum Gasteiger partial charge on any atom is -0.495 e. The van der Waals surface area contributed by atoms with E-state index in [0.29, 0.717) is 46.8 Å². The maximum Gasteiger partial charge on any atom is 0.233 e. The Morgan fingerprint density at radius 1 is 1.00 bits per heavy atom. The SMILES string of the molecule is COc1ccccc1N(C(=O)CCc1cc(OC)c(OC)c(OC)c1)C1=NCCCS1. The number of carbonyl (C=O) groups is 1. The Labute approximate surface area is 187 Å². The second kappa shape index (κ2) is 10.9. The van der Waals surface area contributed by atoms with Crippen LogP contribution in [0, 0.1) is 0 Å². The van der Waals surface area contributed by atoms with Crippen LogP contribution in [0.15, 0.2) is 41.4 Å². The number of rotatable bonds is 8. The summed E-state index contributed by atoms with van der Waals surface area (Å²) in [7, 11) is 6.33. The summed E-state index contributed by atoms with van der Waals surface area (Å²) >= 11 is 1.60. The van der Waals surface area contributed by atoms with Crippen LogP contribution in [0.1, 0.15) is 18.4 Å². The van der Waals surface area contributed by atoms with E-state index in [4.69, 9.17) is 18.9 Å². The summed E-state index contributed by atoms with van der Waals surface area (Å²) in [6.07, 6.45) is 1.81. The molecule has 0 aliphatic carbocycles. The van der Waals surface area contributed by atoms with E-state index in [0.717, 1.165) is 17.7 Å². The van der Waals surface area contributed by atoms with E-state index in [1.165, 1.54) is 0 Å². The highest BCUT2D eigenvalue weighted by atomic mass is 32.2. The molecule has 1 aliphatic heterocycles. The van der Waals surface area contributed by atoms with Gasteiger partial charge in [-0.15, -0.1) is 0 Å². The Bertz CT molecular complexity index is 922. The number of hydrogen-bond donors (Lipinski definition) is 0. The van der Waals surface area contributed by atoms with E-state index in [-0.39, 0.29) is 12.3 Å². The third kappa shape index (κ3) is 5.25. The third-order valence-corrected chi connectivity index (χ3v) is 5.96. The molecule has 2 aromatic carbocycles. The molecule has 0 saturated carbocycles. The van der Waals surface area contributed by atoms with Crippen molar-refractivity contribution in [3.63, 3.8) is 0 Å². The molecule has 1 heterocycles. The van der Waals surface area contributed by atoms with Crippen LogP contribution in [0.4, 0.5) is 5.69 Å². The van der Waals surface area contributed by atoms with Crippen LogP contribution in [0.3, 0.4) is 0 Å². The second-order valence-corrected chi connectivity index (χ2v) is 7.86. The van der Waals surface area contributed by atoms with Gasteiger partial charge in [0, 0.05) is 18.7 Å². The van der Waals surface area contributed by atoms with Gasteiger partial charge < -0.3 is 18.9 Å². The van der Waals surface area contributed by atoms with Crippen molar-refractivity contribution in [2.45, 2.75) is 19.3 Å². The molecular formula is C23H28N2O5S. The Morgan fingerprint density at radius 3 is 2.26 bits per heavy atom. The first-order valence-electron chi connectivity index (χ1n) is 10.0.